The van der Waals surface area contributed by atoms with Gasteiger partial charge in [0, 0.05) is 38.3 Å². The lowest BCUT2D eigenvalue weighted by molar-refractivity contribution is -0.144. The summed E-state index contributed by atoms with van der Waals surface area (Å²) in [5.41, 5.74) is 0. The molecule has 0 aromatic heterocycles. The summed E-state index contributed by atoms with van der Waals surface area (Å²) in [7, 11) is 2.45. The third-order valence-corrected chi connectivity index (χ3v) is 13.9. The largest absolute Gasteiger partial charge is 0.467 e. The fourth-order valence-corrected chi connectivity index (χ4v) is 9.12. The standard InChI is InChI=1S/C31H60N6O8.C27H48N6O8.CH4/c1-4-6-8-10-12-15-19-32-28(39)34-22-24-44-30(41)36-21-17-14-18-26(27(38)43-3)37-31(42)45-25-23-35-29(40)33-20-16-13-11-9-7-5-2;1-39-23(34)22(33-27(38)41-19-17-29-25(36)32-21-12-6-3-7-13-21)14-8-9-15-30-26(37)40-18-16-28-24(35)31-20-10-4-2-5-11-20;/h26H,4-25H2,1-3H3,(H,36,41)(H,37,42)(H2,32,34,39)(H2,33,35,40);20-22H,2-19H2,1H3,(H,30,37)(H,33,38)(H2,28,31,35)(H2,29,32,36);1H4. The molecule has 2 saturated carbocycles. The molecule has 12 amide bonds. The van der Waals surface area contributed by atoms with Crippen molar-refractivity contribution in [3.8, 4) is 0 Å². The minimum absolute atomic E-state index is 0. The highest BCUT2D eigenvalue weighted by atomic mass is 16.6. The number of nitrogens with one attached hydrogen (secondary N) is 12. The van der Waals surface area contributed by atoms with E-state index in [9.17, 15) is 47.9 Å². The Morgan fingerprint density at radius 3 is 0.977 bits per heavy atom. The Hall–Kier alpha value is -6.90. The maximum Gasteiger partial charge on any atom is 0.407 e. The first kappa shape index (κ1) is 80.1. The molecule has 0 aromatic rings. The highest BCUT2D eigenvalue weighted by molar-refractivity contribution is 5.82. The van der Waals surface area contributed by atoms with E-state index < -0.39 is 48.4 Å². The topological polar surface area (TPSA) is 370 Å². The van der Waals surface area contributed by atoms with E-state index in [2.05, 4.69) is 77.6 Å². The molecule has 28 heteroatoms. The van der Waals surface area contributed by atoms with Crippen molar-refractivity contribution in [3.63, 3.8) is 0 Å². The first-order chi connectivity index (χ1) is 41.7. The van der Waals surface area contributed by atoms with Crippen molar-refractivity contribution in [2.24, 2.45) is 0 Å². The summed E-state index contributed by atoms with van der Waals surface area (Å²) in [6, 6.07) is -2.59. The van der Waals surface area contributed by atoms with Crippen molar-refractivity contribution in [2.75, 3.05) is 93.0 Å². The number of rotatable bonds is 42. The molecular weight excluding hydrogens is 1130 g/mol. The van der Waals surface area contributed by atoms with Crippen LogP contribution in [0.1, 0.15) is 201 Å². The molecule has 2 rings (SSSR count). The zero-order valence-electron chi connectivity index (χ0n) is 52.1. The van der Waals surface area contributed by atoms with Crippen LogP contribution in [0, 0.1) is 0 Å². The predicted octanol–water partition coefficient (Wildman–Crippen LogP) is 7.52. The van der Waals surface area contributed by atoms with Gasteiger partial charge in [-0.05, 0) is 77.0 Å². The van der Waals surface area contributed by atoms with E-state index in [0.717, 1.165) is 77.0 Å². The molecule has 0 bridgehead atoms. The summed E-state index contributed by atoms with van der Waals surface area (Å²) in [6.07, 6.45) is 24.3. The van der Waals surface area contributed by atoms with E-state index in [1.807, 2.05) is 0 Å². The summed E-state index contributed by atoms with van der Waals surface area (Å²) in [6.45, 7) is 6.80. The molecule has 504 valence electrons. The van der Waals surface area contributed by atoms with Gasteiger partial charge >= 0.3 is 60.4 Å². The summed E-state index contributed by atoms with van der Waals surface area (Å²) < 4.78 is 29.7. The van der Waals surface area contributed by atoms with Crippen LogP contribution in [0.3, 0.4) is 0 Å². The lowest BCUT2D eigenvalue weighted by atomic mass is 9.96. The van der Waals surface area contributed by atoms with E-state index in [4.69, 9.17) is 28.4 Å². The third-order valence-electron chi connectivity index (χ3n) is 13.9. The Kier molecular flexibility index (Phi) is 51.2. The fourth-order valence-electron chi connectivity index (χ4n) is 9.12. The quantitative estimate of drug-likeness (QED) is 0.0160. The lowest BCUT2D eigenvalue weighted by Gasteiger charge is -2.22. The van der Waals surface area contributed by atoms with Crippen LogP contribution in [0.2, 0.25) is 0 Å². The van der Waals surface area contributed by atoms with Gasteiger partial charge in [0.15, 0.2) is 0 Å². The van der Waals surface area contributed by atoms with Gasteiger partial charge in [-0.3, -0.25) is 0 Å². The average Bonchev–Trinajstić information content (AvgIpc) is 3.50. The molecule has 12 N–H and O–H groups in total. The molecule has 2 unspecified atom stereocenters. The molecule has 0 saturated heterocycles. The fraction of sp³-hybridized carbons (Fsp3) is 0.831. The molecule has 0 spiro atoms. The Balaban J connectivity index is 0.00000169. The molecular formula is C59H112N12O16. The number of alkyl carbamates (subject to hydrolysis) is 4. The van der Waals surface area contributed by atoms with Crippen LogP contribution in [0.15, 0.2) is 0 Å². The number of esters is 2. The number of ether oxygens (including phenoxy) is 6. The lowest BCUT2D eigenvalue weighted by Crippen LogP contribution is -2.45. The smallest absolute Gasteiger partial charge is 0.407 e. The zero-order valence-corrected chi connectivity index (χ0v) is 52.1. The molecule has 28 nitrogen and oxygen atoms in total. The van der Waals surface area contributed by atoms with Crippen molar-refractivity contribution in [1.29, 1.82) is 0 Å². The van der Waals surface area contributed by atoms with Gasteiger partial charge in [-0.15, -0.1) is 0 Å². The van der Waals surface area contributed by atoms with Crippen LogP contribution in [-0.4, -0.2) is 178 Å². The van der Waals surface area contributed by atoms with Gasteiger partial charge in [-0.25, -0.2) is 47.9 Å². The number of amides is 12. The summed E-state index contributed by atoms with van der Waals surface area (Å²) >= 11 is 0. The molecule has 2 atom stereocenters. The second-order valence-corrected chi connectivity index (χ2v) is 21.2. The molecule has 2 aliphatic rings. The van der Waals surface area contributed by atoms with Crippen molar-refractivity contribution in [3.05, 3.63) is 0 Å². The van der Waals surface area contributed by atoms with E-state index in [1.54, 1.807) is 0 Å². The van der Waals surface area contributed by atoms with Crippen molar-refractivity contribution >= 4 is 60.4 Å². The second-order valence-electron chi connectivity index (χ2n) is 21.2. The maximum atomic E-state index is 12.1. The Morgan fingerprint density at radius 2 is 0.632 bits per heavy atom. The number of unbranched alkanes of at least 4 members (excludes halogenated alkanes) is 12. The van der Waals surface area contributed by atoms with E-state index in [-0.39, 0.29) is 109 Å². The molecule has 87 heavy (non-hydrogen) atoms. The number of hydrogen-bond acceptors (Lipinski definition) is 16. The van der Waals surface area contributed by atoms with Crippen LogP contribution in [-0.2, 0) is 38.0 Å². The van der Waals surface area contributed by atoms with E-state index in [0.29, 0.717) is 51.9 Å². The van der Waals surface area contributed by atoms with Crippen LogP contribution in [0.25, 0.3) is 0 Å². The molecule has 0 radical (unpaired) electrons. The van der Waals surface area contributed by atoms with Gasteiger partial charge < -0.3 is 92.2 Å². The van der Waals surface area contributed by atoms with Crippen LogP contribution in [0.4, 0.5) is 38.4 Å². The van der Waals surface area contributed by atoms with Crippen LogP contribution >= 0.6 is 0 Å². The second kappa shape index (κ2) is 55.7. The van der Waals surface area contributed by atoms with Gasteiger partial charge in [0.25, 0.3) is 0 Å². The molecule has 2 aliphatic carbocycles. The number of hydrogen-bond donors (Lipinski definition) is 12. The number of methoxy groups -OCH3 is 2. The van der Waals surface area contributed by atoms with Crippen molar-refractivity contribution < 1.29 is 76.4 Å². The SMILES string of the molecule is C.CCCCCCCCNC(=O)NCCOC(=O)NCCCCC(NC(=O)OCCNC(=O)NCCCCCCCC)C(=O)OC.COC(=O)C(CCCCNC(=O)OCCNC(=O)NC1CCCCC1)NC(=O)OCCNC(=O)NC1CCCCC1. The predicted molar refractivity (Wildman–Crippen MR) is 330 cm³/mol. The van der Waals surface area contributed by atoms with Crippen molar-refractivity contribution in [1.82, 2.24) is 63.8 Å². The Labute approximate surface area is 517 Å². The highest BCUT2D eigenvalue weighted by Gasteiger charge is 2.24. The Morgan fingerprint density at radius 1 is 0.345 bits per heavy atom. The van der Waals surface area contributed by atoms with Gasteiger partial charge in [-0.2, -0.15) is 0 Å². The van der Waals surface area contributed by atoms with Gasteiger partial charge in [0.1, 0.15) is 38.5 Å². The number of carbonyl (C=O) groups is 10. The zero-order chi connectivity index (χ0) is 63.1. The normalized spacial score (nSPS) is 13.5. The van der Waals surface area contributed by atoms with E-state index in [1.165, 1.54) is 78.4 Å². The first-order valence-corrected chi connectivity index (χ1v) is 31.7. The summed E-state index contributed by atoms with van der Waals surface area (Å²) in [5.74, 6) is -1.23. The minimum atomic E-state index is -0.915. The Bertz CT molecular complexity index is 1880. The van der Waals surface area contributed by atoms with Gasteiger partial charge in [0.2, 0.25) is 0 Å². The highest BCUT2D eigenvalue weighted by Crippen LogP contribution is 2.18. The van der Waals surface area contributed by atoms with E-state index >= 15 is 0 Å². The molecule has 2 fully saturated rings. The third kappa shape index (κ3) is 47.9. The van der Waals surface area contributed by atoms with Gasteiger partial charge in [0.05, 0.1) is 40.4 Å². The molecule has 0 aromatic carbocycles. The average molecular weight is 1250 g/mol. The molecule has 0 heterocycles. The monoisotopic (exact) mass is 1240 g/mol. The summed E-state index contributed by atoms with van der Waals surface area (Å²) in [5, 5.41) is 32.1. The van der Waals surface area contributed by atoms with Gasteiger partial charge in [-0.1, -0.05) is 124 Å². The number of carbonyl (C=O) groups excluding carboxylic acids is 10. The molecule has 0 aliphatic heterocycles. The maximum absolute atomic E-state index is 12.1. The van der Waals surface area contributed by atoms with Crippen molar-refractivity contribution in [2.45, 2.75) is 225 Å². The van der Waals surface area contributed by atoms with Crippen LogP contribution < -0.4 is 63.8 Å². The number of urea groups is 4. The first-order valence-electron chi connectivity index (χ1n) is 31.7. The van der Waals surface area contributed by atoms with Crippen LogP contribution in [0.5, 0.6) is 0 Å². The summed E-state index contributed by atoms with van der Waals surface area (Å²) in [4.78, 5) is 119. The minimum Gasteiger partial charge on any atom is -0.467 e.